The maximum absolute atomic E-state index is 12.5. The molecule has 0 aromatic heterocycles. The zero-order valence-electron chi connectivity index (χ0n) is 15.8. The van der Waals surface area contributed by atoms with Gasteiger partial charge in [-0.2, -0.15) is 0 Å². The molecule has 7 nitrogen and oxygen atoms in total. The Balaban J connectivity index is 3.23. The van der Waals surface area contributed by atoms with Crippen LogP contribution in [-0.4, -0.2) is 39.4 Å². The Kier molecular flexibility index (Phi) is 7.03. The molecule has 0 aliphatic rings. The third kappa shape index (κ3) is 7.19. The molecule has 0 atom stereocenters. The number of aromatic carboxylic acids is 1. The topological polar surface area (TPSA) is 93.1 Å². The molecule has 0 fully saturated rings. The van der Waals surface area contributed by atoms with Crippen LogP contribution in [0.15, 0.2) is 18.2 Å². The standard InChI is InChI=1S/C18H24INO6/c1-17(2,3)25-15(23)20(16(24)26-18(4,5)6)10-11-7-8-12(19)9-13(11)14(21)22/h7-9H,10H2,1-6H3,(H,21,22). The highest BCUT2D eigenvalue weighted by molar-refractivity contribution is 14.1. The van der Waals surface area contributed by atoms with Gasteiger partial charge in [0.05, 0.1) is 12.1 Å². The summed E-state index contributed by atoms with van der Waals surface area (Å²) in [5.41, 5.74) is -1.33. The van der Waals surface area contributed by atoms with Gasteiger partial charge >= 0.3 is 18.2 Å². The second-order valence-electron chi connectivity index (χ2n) is 7.65. The minimum absolute atomic E-state index is 0.00835. The molecule has 0 saturated carbocycles. The summed E-state index contributed by atoms with van der Waals surface area (Å²) in [6.45, 7) is 9.76. The SMILES string of the molecule is CC(C)(C)OC(=O)N(Cc1ccc(I)cc1C(=O)O)C(=O)OC(C)(C)C. The number of carbonyl (C=O) groups excluding carboxylic acids is 2. The van der Waals surface area contributed by atoms with E-state index in [1.807, 2.05) is 22.6 Å². The van der Waals surface area contributed by atoms with Crippen LogP contribution >= 0.6 is 22.6 Å². The minimum atomic E-state index is -1.15. The molecular formula is C18H24INO6. The van der Waals surface area contributed by atoms with E-state index >= 15 is 0 Å². The number of nitrogens with zero attached hydrogens (tertiary/aromatic N) is 1. The van der Waals surface area contributed by atoms with Crippen molar-refractivity contribution in [3.8, 4) is 0 Å². The highest BCUT2D eigenvalue weighted by Gasteiger charge is 2.32. The van der Waals surface area contributed by atoms with E-state index in [-0.39, 0.29) is 12.1 Å². The highest BCUT2D eigenvalue weighted by atomic mass is 127. The Morgan fingerprint density at radius 3 is 1.85 bits per heavy atom. The van der Waals surface area contributed by atoms with Gasteiger partial charge in [-0.25, -0.2) is 19.3 Å². The number of carboxylic acids is 1. The molecule has 0 aliphatic heterocycles. The Bertz CT molecular complexity index is 675. The molecule has 0 spiro atoms. The molecule has 0 radical (unpaired) electrons. The van der Waals surface area contributed by atoms with Gasteiger partial charge in [0.1, 0.15) is 11.2 Å². The summed E-state index contributed by atoms with van der Waals surface area (Å²) in [6.07, 6.45) is -1.80. The molecular weight excluding hydrogens is 453 g/mol. The van der Waals surface area contributed by atoms with Crippen LogP contribution in [0.1, 0.15) is 57.5 Å². The summed E-state index contributed by atoms with van der Waals surface area (Å²) < 4.78 is 11.3. The van der Waals surface area contributed by atoms with Gasteiger partial charge in [-0.3, -0.25) is 0 Å². The summed E-state index contributed by atoms with van der Waals surface area (Å²) >= 11 is 1.99. The number of imide groups is 1. The van der Waals surface area contributed by atoms with Crippen LogP contribution in [0.2, 0.25) is 0 Å². The Labute approximate surface area is 166 Å². The smallest absolute Gasteiger partial charge is 0.420 e. The average Bonchev–Trinajstić information content (AvgIpc) is 2.41. The van der Waals surface area contributed by atoms with Crippen LogP contribution in [-0.2, 0) is 16.0 Å². The molecule has 1 rings (SSSR count). The fourth-order valence-electron chi connectivity index (χ4n) is 1.89. The monoisotopic (exact) mass is 477 g/mol. The molecule has 1 N–H and O–H groups in total. The fourth-order valence-corrected chi connectivity index (χ4v) is 2.38. The lowest BCUT2D eigenvalue weighted by molar-refractivity contribution is -0.000429. The van der Waals surface area contributed by atoms with E-state index in [2.05, 4.69) is 0 Å². The lowest BCUT2D eigenvalue weighted by Crippen LogP contribution is -2.43. The summed E-state index contributed by atoms with van der Waals surface area (Å²) in [7, 11) is 0. The van der Waals surface area contributed by atoms with Gasteiger partial charge in [-0.05, 0) is 81.8 Å². The van der Waals surface area contributed by atoms with Gasteiger partial charge in [0.25, 0.3) is 0 Å². The number of hydrogen-bond acceptors (Lipinski definition) is 5. The van der Waals surface area contributed by atoms with Crippen molar-refractivity contribution in [1.29, 1.82) is 0 Å². The van der Waals surface area contributed by atoms with Gasteiger partial charge in [0.2, 0.25) is 0 Å². The van der Waals surface area contributed by atoms with Crippen LogP contribution in [0.25, 0.3) is 0 Å². The predicted octanol–water partition coefficient (Wildman–Crippen LogP) is 4.66. The minimum Gasteiger partial charge on any atom is -0.478 e. The van der Waals surface area contributed by atoms with Crippen LogP contribution in [0.3, 0.4) is 0 Å². The van der Waals surface area contributed by atoms with Gasteiger partial charge in [-0.15, -0.1) is 0 Å². The molecule has 1 aromatic rings. The normalized spacial score (nSPS) is 11.7. The van der Waals surface area contributed by atoms with Crippen molar-refractivity contribution >= 4 is 40.7 Å². The highest BCUT2D eigenvalue weighted by Crippen LogP contribution is 2.20. The first-order chi connectivity index (χ1) is 11.7. The maximum Gasteiger partial charge on any atom is 0.420 e. The second kappa shape index (κ2) is 8.24. The fraction of sp³-hybridized carbons (Fsp3) is 0.500. The van der Waals surface area contributed by atoms with Crippen molar-refractivity contribution < 1.29 is 29.0 Å². The van der Waals surface area contributed by atoms with Gasteiger partial charge in [-0.1, -0.05) is 6.07 Å². The number of amides is 2. The molecule has 0 unspecified atom stereocenters. The first kappa shape index (κ1) is 22.2. The number of carbonyl (C=O) groups is 3. The summed E-state index contributed by atoms with van der Waals surface area (Å²) in [5.74, 6) is -1.15. The number of carboxylic acid groups (broad SMARTS) is 1. The first-order valence-corrected chi connectivity index (χ1v) is 9.03. The van der Waals surface area contributed by atoms with Gasteiger partial charge < -0.3 is 14.6 Å². The molecule has 144 valence electrons. The zero-order valence-corrected chi connectivity index (χ0v) is 17.9. The summed E-state index contributed by atoms with van der Waals surface area (Å²) in [5, 5.41) is 9.40. The van der Waals surface area contributed by atoms with E-state index in [4.69, 9.17) is 9.47 Å². The van der Waals surface area contributed by atoms with Crippen molar-refractivity contribution in [2.45, 2.75) is 59.3 Å². The van der Waals surface area contributed by atoms with Crippen molar-refractivity contribution in [3.63, 3.8) is 0 Å². The first-order valence-electron chi connectivity index (χ1n) is 7.95. The Morgan fingerprint density at radius 1 is 1.00 bits per heavy atom. The molecule has 0 aliphatic carbocycles. The largest absolute Gasteiger partial charge is 0.478 e. The lowest BCUT2D eigenvalue weighted by Gasteiger charge is -2.29. The van der Waals surface area contributed by atoms with Crippen molar-refractivity contribution in [1.82, 2.24) is 4.90 Å². The average molecular weight is 477 g/mol. The van der Waals surface area contributed by atoms with Crippen molar-refractivity contribution in [2.75, 3.05) is 0 Å². The number of ether oxygens (including phenoxy) is 2. The molecule has 2 amide bonds. The van der Waals surface area contributed by atoms with E-state index in [0.29, 0.717) is 5.56 Å². The zero-order chi connectivity index (χ0) is 20.3. The molecule has 8 heteroatoms. The Morgan fingerprint density at radius 2 is 1.46 bits per heavy atom. The summed E-state index contributed by atoms with van der Waals surface area (Å²) in [4.78, 5) is 37.3. The maximum atomic E-state index is 12.5. The van der Waals surface area contributed by atoms with Crippen molar-refractivity contribution in [2.24, 2.45) is 0 Å². The van der Waals surface area contributed by atoms with Crippen LogP contribution in [0.4, 0.5) is 9.59 Å². The van der Waals surface area contributed by atoms with E-state index < -0.39 is 29.4 Å². The molecule has 0 saturated heterocycles. The molecule has 26 heavy (non-hydrogen) atoms. The Hall–Kier alpha value is -1.84. The van der Waals surface area contributed by atoms with E-state index in [0.717, 1.165) is 8.47 Å². The van der Waals surface area contributed by atoms with Crippen molar-refractivity contribution in [3.05, 3.63) is 32.9 Å². The number of rotatable bonds is 3. The van der Waals surface area contributed by atoms with Crippen LogP contribution < -0.4 is 0 Å². The van der Waals surface area contributed by atoms with Gasteiger partial charge in [0, 0.05) is 3.57 Å². The molecule has 0 bridgehead atoms. The predicted molar refractivity (Wildman–Crippen MR) is 104 cm³/mol. The number of benzene rings is 1. The second-order valence-corrected chi connectivity index (χ2v) is 8.90. The third-order valence-electron chi connectivity index (χ3n) is 2.86. The number of halogens is 1. The quantitative estimate of drug-likeness (QED) is 0.637. The van der Waals surface area contributed by atoms with Crippen LogP contribution in [0.5, 0.6) is 0 Å². The van der Waals surface area contributed by atoms with Gasteiger partial charge in [0.15, 0.2) is 0 Å². The summed E-state index contributed by atoms with van der Waals surface area (Å²) in [6, 6.07) is 4.73. The third-order valence-corrected chi connectivity index (χ3v) is 3.53. The van der Waals surface area contributed by atoms with E-state index in [1.54, 1.807) is 53.7 Å². The van der Waals surface area contributed by atoms with Crippen LogP contribution in [0, 0.1) is 3.57 Å². The molecule has 1 aromatic carbocycles. The van der Waals surface area contributed by atoms with E-state index in [9.17, 15) is 19.5 Å². The van der Waals surface area contributed by atoms with E-state index in [1.165, 1.54) is 6.07 Å². The number of hydrogen-bond donors (Lipinski definition) is 1. The molecule has 0 heterocycles. The lowest BCUT2D eigenvalue weighted by atomic mass is 10.1.